The van der Waals surface area contributed by atoms with Gasteiger partial charge < -0.3 is 10.1 Å². The molecule has 1 amide bonds. The first-order valence-corrected chi connectivity index (χ1v) is 7.39. The molecule has 0 spiro atoms. The zero-order valence-electron chi connectivity index (χ0n) is 12.1. The summed E-state index contributed by atoms with van der Waals surface area (Å²) < 4.78 is 5.28. The average Bonchev–Trinajstić information content (AvgIpc) is 2.43. The summed E-state index contributed by atoms with van der Waals surface area (Å²) in [5, 5.41) is 11.8. The summed E-state index contributed by atoms with van der Waals surface area (Å²) >= 11 is 1.58. The van der Waals surface area contributed by atoms with Gasteiger partial charge in [0.05, 0.1) is 7.11 Å². The number of ether oxygens (including phenoxy) is 1. The second-order valence-electron chi connectivity index (χ2n) is 4.41. The molecule has 0 atom stereocenters. The quantitative estimate of drug-likeness (QED) is 0.514. The van der Waals surface area contributed by atoms with Crippen molar-refractivity contribution in [3.05, 3.63) is 29.3 Å². The van der Waals surface area contributed by atoms with Crippen molar-refractivity contribution in [1.29, 1.82) is 5.26 Å². The molecule has 0 aliphatic rings. The second-order valence-corrected chi connectivity index (χ2v) is 5.26. The lowest BCUT2D eigenvalue weighted by Gasteiger charge is -2.08. The maximum Gasteiger partial charge on any atom is 0.262 e. The van der Waals surface area contributed by atoms with E-state index in [2.05, 4.69) is 5.32 Å². The van der Waals surface area contributed by atoms with Gasteiger partial charge in [-0.25, -0.2) is 0 Å². The van der Waals surface area contributed by atoms with Gasteiger partial charge in [0.1, 0.15) is 17.4 Å². The number of hydrogen-bond acceptors (Lipinski definition) is 4. The molecular formula is C15H18N2O2S. The van der Waals surface area contributed by atoms with Crippen LogP contribution in [0.15, 0.2) is 28.7 Å². The van der Waals surface area contributed by atoms with Gasteiger partial charge in [-0.3, -0.25) is 4.79 Å². The lowest BCUT2D eigenvalue weighted by molar-refractivity contribution is -0.117. The first-order chi connectivity index (χ1) is 9.51. The Morgan fingerprint density at radius 2 is 2.20 bits per heavy atom. The maximum atomic E-state index is 11.8. The minimum Gasteiger partial charge on any atom is -0.496 e. The molecule has 0 fully saturated rings. The van der Waals surface area contributed by atoms with Crippen molar-refractivity contribution in [2.24, 2.45) is 0 Å². The fraction of sp³-hybridized carbons (Fsp3) is 0.333. The molecule has 0 aliphatic carbocycles. The van der Waals surface area contributed by atoms with Gasteiger partial charge in [0.2, 0.25) is 0 Å². The number of hydrogen-bond donors (Lipinski definition) is 1. The maximum absolute atomic E-state index is 11.8. The number of benzene rings is 1. The van der Waals surface area contributed by atoms with Crippen molar-refractivity contribution in [2.75, 3.05) is 13.4 Å². The standard InChI is InChI=1S/C15H18N2O2S/c1-10(2)17-15(18)12(9-16)7-11-5-6-14(20-4)13(8-11)19-3/h5-8,10H,1-4H3,(H,17,18)/b12-7-. The third-order valence-electron chi connectivity index (χ3n) is 2.50. The number of rotatable bonds is 5. The molecule has 0 aliphatic heterocycles. The highest BCUT2D eigenvalue weighted by Crippen LogP contribution is 2.29. The first kappa shape index (κ1) is 16.1. The number of thioether (sulfide) groups is 1. The van der Waals surface area contributed by atoms with Crippen LogP contribution in [-0.4, -0.2) is 25.3 Å². The Morgan fingerprint density at radius 3 is 2.70 bits per heavy atom. The van der Waals surface area contributed by atoms with Crippen molar-refractivity contribution in [1.82, 2.24) is 5.32 Å². The normalized spacial score (nSPS) is 11.1. The molecule has 1 aromatic carbocycles. The van der Waals surface area contributed by atoms with Gasteiger partial charge in [0, 0.05) is 10.9 Å². The minimum absolute atomic E-state index is 0.00680. The van der Waals surface area contributed by atoms with E-state index in [1.165, 1.54) is 0 Å². The molecule has 0 bridgehead atoms. The van der Waals surface area contributed by atoms with E-state index in [0.717, 1.165) is 16.2 Å². The summed E-state index contributed by atoms with van der Waals surface area (Å²) in [6.07, 6.45) is 3.52. The van der Waals surface area contributed by atoms with E-state index < -0.39 is 0 Å². The van der Waals surface area contributed by atoms with Crippen LogP contribution in [0.25, 0.3) is 6.08 Å². The Kier molecular flexibility index (Phi) is 6.13. The van der Waals surface area contributed by atoms with Crippen LogP contribution in [-0.2, 0) is 4.79 Å². The van der Waals surface area contributed by atoms with Gasteiger partial charge in [-0.15, -0.1) is 11.8 Å². The van der Waals surface area contributed by atoms with Crippen molar-refractivity contribution in [2.45, 2.75) is 24.8 Å². The number of amides is 1. The molecule has 20 heavy (non-hydrogen) atoms. The van der Waals surface area contributed by atoms with Gasteiger partial charge in [0.25, 0.3) is 5.91 Å². The van der Waals surface area contributed by atoms with E-state index in [9.17, 15) is 4.79 Å². The summed E-state index contributed by atoms with van der Waals surface area (Å²) in [6, 6.07) is 7.49. The summed E-state index contributed by atoms with van der Waals surface area (Å²) in [6.45, 7) is 3.70. The Bertz CT molecular complexity index is 559. The number of carbonyl (C=O) groups is 1. The molecule has 0 saturated heterocycles. The summed E-state index contributed by atoms with van der Waals surface area (Å²) in [5.41, 5.74) is 0.841. The number of methoxy groups -OCH3 is 1. The second kappa shape index (κ2) is 7.61. The molecule has 0 saturated carbocycles. The molecule has 0 radical (unpaired) electrons. The predicted octanol–water partition coefficient (Wildman–Crippen LogP) is 2.85. The van der Waals surface area contributed by atoms with E-state index in [1.54, 1.807) is 24.9 Å². The van der Waals surface area contributed by atoms with Gasteiger partial charge in [-0.05, 0) is 43.9 Å². The molecule has 0 heterocycles. The van der Waals surface area contributed by atoms with Gasteiger partial charge in [0.15, 0.2) is 0 Å². The van der Waals surface area contributed by atoms with Crippen LogP contribution in [0.1, 0.15) is 19.4 Å². The van der Waals surface area contributed by atoms with Gasteiger partial charge in [-0.2, -0.15) is 5.26 Å². The Morgan fingerprint density at radius 1 is 1.50 bits per heavy atom. The highest BCUT2D eigenvalue weighted by Gasteiger charge is 2.10. The number of nitrogens with zero attached hydrogens (tertiary/aromatic N) is 1. The van der Waals surface area contributed by atoms with Crippen molar-refractivity contribution in [3.8, 4) is 11.8 Å². The van der Waals surface area contributed by atoms with Crippen LogP contribution in [0.3, 0.4) is 0 Å². The average molecular weight is 290 g/mol. The number of nitriles is 1. The fourth-order valence-electron chi connectivity index (χ4n) is 1.60. The van der Waals surface area contributed by atoms with Gasteiger partial charge >= 0.3 is 0 Å². The van der Waals surface area contributed by atoms with Gasteiger partial charge in [-0.1, -0.05) is 6.07 Å². The topological polar surface area (TPSA) is 62.1 Å². The van der Waals surface area contributed by atoms with Crippen LogP contribution in [0.2, 0.25) is 0 Å². The molecular weight excluding hydrogens is 272 g/mol. The smallest absolute Gasteiger partial charge is 0.262 e. The third kappa shape index (κ3) is 4.32. The van der Waals surface area contributed by atoms with E-state index >= 15 is 0 Å². The minimum atomic E-state index is -0.365. The van der Waals surface area contributed by atoms with Crippen LogP contribution in [0.4, 0.5) is 0 Å². The van der Waals surface area contributed by atoms with E-state index in [-0.39, 0.29) is 17.5 Å². The lowest BCUT2D eigenvalue weighted by atomic mass is 10.1. The molecule has 0 unspecified atom stereocenters. The molecule has 0 aromatic heterocycles. The first-order valence-electron chi connectivity index (χ1n) is 6.16. The molecule has 1 aromatic rings. The molecule has 5 heteroatoms. The van der Waals surface area contributed by atoms with Crippen molar-refractivity contribution >= 4 is 23.7 Å². The Balaban J connectivity index is 3.08. The third-order valence-corrected chi connectivity index (χ3v) is 3.28. The highest BCUT2D eigenvalue weighted by molar-refractivity contribution is 7.98. The van der Waals surface area contributed by atoms with E-state index in [0.29, 0.717) is 0 Å². The monoisotopic (exact) mass is 290 g/mol. The molecule has 1 N–H and O–H groups in total. The SMILES string of the molecule is COc1cc(/C=C(/C#N)C(=O)NC(C)C)ccc1SC. The lowest BCUT2D eigenvalue weighted by Crippen LogP contribution is -2.30. The summed E-state index contributed by atoms with van der Waals surface area (Å²) in [7, 11) is 1.60. The zero-order chi connectivity index (χ0) is 15.1. The number of carbonyl (C=O) groups excluding carboxylic acids is 1. The van der Waals surface area contributed by atoms with Crippen LogP contribution < -0.4 is 10.1 Å². The fourth-order valence-corrected chi connectivity index (χ4v) is 2.15. The Hall–Kier alpha value is -1.93. The van der Waals surface area contributed by atoms with Crippen LogP contribution in [0.5, 0.6) is 5.75 Å². The largest absolute Gasteiger partial charge is 0.496 e. The highest BCUT2D eigenvalue weighted by atomic mass is 32.2. The zero-order valence-corrected chi connectivity index (χ0v) is 12.9. The summed E-state index contributed by atoms with van der Waals surface area (Å²) in [4.78, 5) is 12.8. The molecule has 1 rings (SSSR count). The molecule has 106 valence electrons. The Labute approximate surface area is 123 Å². The van der Waals surface area contributed by atoms with Crippen molar-refractivity contribution in [3.63, 3.8) is 0 Å². The predicted molar refractivity (Wildman–Crippen MR) is 81.6 cm³/mol. The molecule has 4 nitrogen and oxygen atoms in total. The van der Waals surface area contributed by atoms with Crippen LogP contribution >= 0.6 is 11.8 Å². The van der Waals surface area contributed by atoms with Crippen LogP contribution in [0, 0.1) is 11.3 Å². The number of nitrogens with one attached hydrogen (secondary N) is 1. The van der Waals surface area contributed by atoms with E-state index in [1.807, 2.05) is 44.4 Å². The van der Waals surface area contributed by atoms with Crippen molar-refractivity contribution < 1.29 is 9.53 Å². The van der Waals surface area contributed by atoms with E-state index in [4.69, 9.17) is 10.00 Å². The summed E-state index contributed by atoms with van der Waals surface area (Å²) in [5.74, 6) is 0.364.